The van der Waals surface area contributed by atoms with Crippen LogP contribution in [0.15, 0.2) is 30.5 Å². The highest BCUT2D eigenvalue weighted by Crippen LogP contribution is 2.29. The van der Waals surface area contributed by atoms with Crippen LogP contribution in [0.3, 0.4) is 0 Å². The largest absolute Gasteiger partial charge is 0.488 e. The lowest BCUT2D eigenvalue weighted by atomic mass is 9.90. The van der Waals surface area contributed by atoms with Crippen molar-refractivity contribution in [2.75, 3.05) is 19.6 Å². The molecule has 1 saturated heterocycles. The zero-order chi connectivity index (χ0) is 20.7. The highest BCUT2D eigenvalue weighted by molar-refractivity contribution is 5.85. The molecule has 1 aromatic carbocycles. The van der Waals surface area contributed by atoms with Gasteiger partial charge in [-0.1, -0.05) is 46.6 Å². The van der Waals surface area contributed by atoms with Crippen molar-refractivity contribution in [1.82, 2.24) is 9.88 Å². The summed E-state index contributed by atoms with van der Waals surface area (Å²) >= 11 is 0. The lowest BCUT2D eigenvalue weighted by Gasteiger charge is -2.32. The number of benzene rings is 1. The number of nitrogens with zero attached hydrogens (tertiary/aromatic N) is 2. The molecule has 3 heteroatoms. The van der Waals surface area contributed by atoms with Crippen LogP contribution in [0.1, 0.15) is 78.2 Å². The van der Waals surface area contributed by atoms with E-state index in [1.54, 1.807) is 0 Å². The molecule has 160 valence electrons. The van der Waals surface area contributed by atoms with Crippen LogP contribution in [0.5, 0.6) is 5.75 Å². The first-order valence-corrected chi connectivity index (χ1v) is 11.7. The molecule has 0 unspecified atom stereocenters. The Morgan fingerprint density at radius 2 is 1.90 bits per heavy atom. The van der Waals surface area contributed by atoms with Gasteiger partial charge in [0.15, 0.2) is 0 Å². The minimum atomic E-state index is 0.312. The Morgan fingerprint density at radius 3 is 2.62 bits per heavy atom. The molecule has 1 fully saturated rings. The first kappa shape index (κ1) is 22.1. The Balaban J connectivity index is 1.54. The monoisotopic (exact) mass is 396 g/mol. The quantitative estimate of drug-likeness (QED) is 0.444. The van der Waals surface area contributed by atoms with Crippen molar-refractivity contribution in [2.45, 2.75) is 85.2 Å². The van der Waals surface area contributed by atoms with Gasteiger partial charge >= 0.3 is 0 Å². The van der Waals surface area contributed by atoms with Gasteiger partial charge in [-0.2, -0.15) is 0 Å². The van der Waals surface area contributed by atoms with E-state index in [-0.39, 0.29) is 0 Å². The molecule has 1 aliphatic heterocycles. The standard InChI is InChI=1S/C26H40N2O/c1-5-6-10-21-19-22-11-9-15-27-25(22)24(20-21)29-23-12-17-28(18-13-23)16-8-7-14-26(2,3)4/h9,11,15,19-20,23H,5-8,10,12-14,16-18H2,1-4H3. The van der Waals surface area contributed by atoms with Crippen LogP contribution in [0.4, 0.5) is 0 Å². The van der Waals surface area contributed by atoms with Crippen molar-refractivity contribution in [3.05, 3.63) is 36.0 Å². The molecule has 0 radical (unpaired) electrons. The van der Waals surface area contributed by atoms with E-state index in [4.69, 9.17) is 4.74 Å². The maximum Gasteiger partial charge on any atom is 0.146 e. The minimum absolute atomic E-state index is 0.312. The summed E-state index contributed by atoms with van der Waals surface area (Å²) < 4.78 is 6.52. The van der Waals surface area contributed by atoms with E-state index in [2.05, 4.69) is 55.8 Å². The predicted molar refractivity (Wildman–Crippen MR) is 124 cm³/mol. The van der Waals surface area contributed by atoms with Gasteiger partial charge in [0, 0.05) is 24.7 Å². The van der Waals surface area contributed by atoms with E-state index in [0.717, 1.165) is 43.6 Å². The van der Waals surface area contributed by atoms with Gasteiger partial charge in [-0.15, -0.1) is 0 Å². The van der Waals surface area contributed by atoms with Crippen LogP contribution < -0.4 is 4.74 Å². The van der Waals surface area contributed by atoms with Gasteiger partial charge in [-0.3, -0.25) is 4.98 Å². The Bertz CT molecular complexity index is 757. The fraction of sp³-hybridized carbons (Fsp3) is 0.654. The molecule has 0 bridgehead atoms. The fourth-order valence-corrected chi connectivity index (χ4v) is 4.25. The first-order valence-electron chi connectivity index (χ1n) is 11.7. The Morgan fingerprint density at radius 1 is 1.10 bits per heavy atom. The van der Waals surface area contributed by atoms with Crippen LogP contribution in [-0.2, 0) is 6.42 Å². The Kier molecular flexibility index (Phi) is 7.94. The molecule has 0 saturated carbocycles. The Hall–Kier alpha value is -1.61. The van der Waals surface area contributed by atoms with Crippen molar-refractivity contribution < 1.29 is 4.74 Å². The number of unbranched alkanes of at least 4 members (excludes halogenated alkanes) is 2. The number of hydrogen-bond acceptors (Lipinski definition) is 3. The molecule has 3 rings (SSSR count). The van der Waals surface area contributed by atoms with Crippen LogP contribution in [-0.4, -0.2) is 35.6 Å². The summed E-state index contributed by atoms with van der Waals surface area (Å²) in [5, 5.41) is 1.20. The number of aryl methyl sites for hydroxylation is 1. The first-order chi connectivity index (χ1) is 13.9. The average molecular weight is 397 g/mol. The number of likely N-dealkylation sites (tertiary alicyclic amines) is 1. The van der Waals surface area contributed by atoms with Crippen molar-refractivity contribution in [3.8, 4) is 5.75 Å². The summed E-state index contributed by atoms with van der Waals surface area (Å²) in [7, 11) is 0. The van der Waals surface area contributed by atoms with Crippen LogP contribution in [0.2, 0.25) is 0 Å². The van der Waals surface area contributed by atoms with Crippen molar-refractivity contribution in [2.24, 2.45) is 5.41 Å². The zero-order valence-electron chi connectivity index (χ0n) is 19.0. The molecule has 3 nitrogen and oxygen atoms in total. The lowest BCUT2D eigenvalue weighted by molar-refractivity contribution is 0.100. The summed E-state index contributed by atoms with van der Waals surface area (Å²) in [6.07, 6.45) is 12.0. The highest BCUT2D eigenvalue weighted by Gasteiger charge is 2.21. The normalized spacial score (nSPS) is 16.4. The molecule has 1 aliphatic rings. The fourth-order valence-electron chi connectivity index (χ4n) is 4.25. The van der Waals surface area contributed by atoms with Crippen molar-refractivity contribution >= 4 is 10.9 Å². The third-order valence-electron chi connectivity index (χ3n) is 6.03. The number of fused-ring (bicyclic) bond motifs is 1. The molecule has 2 aromatic rings. The molecular weight excluding hydrogens is 356 g/mol. The molecule has 1 aromatic heterocycles. The number of rotatable bonds is 9. The van der Waals surface area contributed by atoms with E-state index in [1.165, 1.54) is 49.6 Å². The molecular formula is C26H40N2O. The zero-order valence-corrected chi connectivity index (χ0v) is 19.0. The molecule has 0 spiro atoms. The SMILES string of the molecule is CCCCc1cc(OC2CCN(CCCCC(C)(C)C)CC2)c2ncccc2c1. The van der Waals surface area contributed by atoms with E-state index in [1.807, 2.05) is 12.3 Å². The minimum Gasteiger partial charge on any atom is -0.488 e. The topological polar surface area (TPSA) is 25.4 Å². The second kappa shape index (κ2) is 10.4. The third-order valence-corrected chi connectivity index (χ3v) is 6.03. The maximum atomic E-state index is 6.52. The van der Waals surface area contributed by atoms with Gasteiger partial charge in [-0.25, -0.2) is 0 Å². The van der Waals surface area contributed by atoms with Crippen LogP contribution >= 0.6 is 0 Å². The predicted octanol–water partition coefficient (Wildman–Crippen LogP) is 6.64. The van der Waals surface area contributed by atoms with Crippen LogP contribution in [0, 0.1) is 5.41 Å². The van der Waals surface area contributed by atoms with Gasteiger partial charge < -0.3 is 9.64 Å². The average Bonchev–Trinajstić information content (AvgIpc) is 2.70. The number of aromatic nitrogens is 1. The number of pyridine rings is 1. The van der Waals surface area contributed by atoms with Crippen LogP contribution in [0.25, 0.3) is 10.9 Å². The van der Waals surface area contributed by atoms with Gasteiger partial charge in [0.25, 0.3) is 0 Å². The van der Waals surface area contributed by atoms with Gasteiger partial charge in [0.2, 0.25) is 0 Å². The highest BCUT2D eigenvalue weighted by atomic mass is 16.5. The van der Waals surface area contributed by atoms with E-state index < -0.39 is 0 Å². The molecule has 0 amide bonds. The summed E-state index contributed by atoms with van der Waals surface area (Å²) in [5.41, 5.74) is 2.85. The molecule has 0 N–H and O–H groups in total. The van der Waals surface area contributed by atoms with E-state index >= 15 is 0 Å². The molecule has 29 heavy (non-hydrogen) atoms. The van der Waals surface area contributed by atoms with Gasteiger partial charge in [0.05, 0.1) is 0 Å². The summed E-state index contributed by atoms with van der Waals surface area (Å²) in [5.74, 6) is 0.984. The third kappa shape index (κ3) is 6.99. The number of hydrogen-bond donors (Lipinski definition) is 0. The second-order valence-electron chi connectivity index (χ2n) is 9.95. The molecule has 0 atom stereocenters. The summed E-state index contributed by atoms with van der Waals surface area (Å²) in [6, 6.07) is 8.70. The molecule has 2 heterocycles. The smallest absolute Gasteiger partial charge is 0.146 e. The van der Waals surface area contributed by atoms with E-state index in [9.17, 15) is 0 Å². The Labute approximate surface area is 177 Å². The number of piperidine rings is 1. The van der Waals surface area contributed by atoms with Crippen molar-refractivity contribution in [1.29, 1.82) is 0 Å². The summed E-state index contributed by atoms with van der Waals surface area (Å²) in [4.78, 5) is 7.24. The number of ether oxygens (including phenoxy) is 1. The lowest BCUT2D eigenvalue weighted by Crippen LogP contribution is -2.38. The van der Waals surface area contributed by atoms with Crippen molar-refractivity contribution in [3.63, 3.8) is 0 Å². The second-order valence-corrected chi connectivity index (χ2v) is 9.95. The maximum absolute atomic E-state index is 6.52. The molecule has 0 aliphatic carbocycles. The van der Waals surface area contributed by atoms with Gasteiger partial charge in [-0.05, 0) is 74.2 Å². The summed E-state index contributed by atoms with van der Waals surface area (Å²) in [6.45, 7) is 12.8. The van der Waals surface area contributed by atoms with Gasteiger partial charge in [0.1, 0.15) is 17.4 Å². The van der Waals surface area contributed by atoms with E-state index in [0.29, 0.717) is 11.5 Å².